The van der Waals surface area contributed by atoms with Gasteiger partial charge in [-0.1, -0.05) is 12.1 Å². The number of nitrogens with zero attached hydrogens (tertiary/aromatic N) is 1. The Morgan fingerprint density at radius 3 is 2.41 bits per heavy atom. The lowest BCUT2D eigenvalue weighted by molar-refractivity contribution is -0.917. The average molecular weight is 421 g/mol. The molecule has 1 aliphatic heterocycles. The second kappa shape index (κ2) is 8.61. The third kappa shape index (κ3) is 4.83. The zero-order valence-electron chi connectivity index (χ0n) is 16.9. The quantitative estimate of drug-likeness (QED) is 0.767. The fraction of sp³-hybridized carbons (Fsp3) is 0.381. The van der Waals surface area contributed by atoms with Crippen molar-refractivity contribution in [3.05, 3.63) is 59.4 Å². The monoisotopic (exact) mass is 420 g/mol. The zero-order chi connectivity index (χ0) is 21.2. The molecular weight excluding hydrogens is 393 g/mol. The van der Waals surface area contributed by atoms with Crippen molar-refractivity contribution < 1.29 is 22.5 Å². The van der Waals surface area contributed by atoms with Crippen LogP contribution in [0.4, 0.5) is 10.1 Å². The predicted molar refractivity (Wildman–Crippen MR) is 110 cm³/mol. The van der Waals surface area contributed by atoms with Crippen LogP contribution in [0.25, 0.3) is 0 Å². The van der Waals surface area contributed by atoms with Crippen LogP contribution in [-0.4, -0.2) is 50.9 Å². The Bertz CT molecular complexity index is 1000. The Labute approximate surface area is 171 Å². The summed E-state index contributed by atoms with van der Waals surface area (Å²) in [7, 11) is -3.55. The molecule has 1 aliphatic rings. The highest BCUT2D eigenvalue weighted by molar-refractivity contribution is 7.89. The fourth-order valence-electron chi connectivity index (χ4n) is 3.47. The number of sulfonamides is 1. The standard InChI is InChI=1S/C21H26FN3O3S/c1-15-7-8-20(13-16(15)2)29(27,28)25-11-9-24(10-12-25)17(3)21(26)23-19-6-4-5-18(22)14-19/h4-8,13-14,17H,9-12H2,1-3H3,(H,23,26)/p+1/t17-/m0/s1. The fourth-order valence-corrected chi connectivity index (χ4v) is 5.00. The summed E-state index contributed by atoms with van der Waals surface area (Å²) >= 11 is 0. The number of amides is 1. The lowest BCUT2D eigenvalue weighted by atomic mass is 10.1. The number of quaternary nitrogens is 1. The maximum absolute atomic E-state index is 13.3. The number of hydrogen-bond donors (Lipinski definition) is 2. The van der Waals surface area contributed by atoms with E-state index >= 15 is 0 Å². The van der Waals surface area contributed by atoms with Crippen molar-refractivity contribution in [1.29, 1.82) is 0 Å². The number of aryl methyl sites for hydroxylation is 2. The molecule has 6 nitrogen and oxygen atoms in total. The van der Waals surface area contributed by atoms with Crippen LogP contribution in [0, 0.1) is 19.7 Å². The molecule has 1 fully saturated rings. The molecule has 2 aromatic rings. The van der Waals surface area contributed by atoms with Gasteiger partial charge in [0.2, 0.25) is 10.0 Å². The van der Waals surface area contributed by atoms with Crippen LogP contribution in [0.2, 0.25) is 0 Å². The third-order valence-electron chi connectivity index (χ3n) is 5.58. The molecule has 0 bridgehead atoms. The SMILES string of the molecule is Cc1ccc(S(=O)(=O)N2CC[NH+]([C@@H](C)C(=O)Nc3cccc(F)c3)CC2)cc1C. The maximum Gasteiger partial charge on any atom is 0.282 e. The molecule has 0 saturated carbocycles. The van der Waals surface area contributed by atoms with Crippen molar-refractivity contribution in [1.82, 2.24) is 4.31 Å². The number of benzene rings is 2. The van der Waals surface area contributed by atoms with Crippen LogP contribution in [-0.2, 0) is 14.8 Å². The zero-order valence-corrected chi connectivity index (χ0v) is 17.7. The molecule has 3 rings (SSSR count). The number of nitrogens with one attached hydrogen (secondary N) is 2. The highest BCUT2D eigenvalue weighted by Crippen LogP contribution is 2.19. The van der Waals surface area contributed by atoms with Crippen LogP contribution in [0.1, 0.15) is 18.1 Å². The molecule has 1 saturated heterocycles. The molecule has 1 amide bonds. The van der Waals surface area contributed by atoms with Gasteiger partial charge in [0.25, 0.3) is 5.91 Å². The van der Waals surface area contributed by atoms with Crippen molar-refractivity contribution in [2.75, 3.05) is 31.5 Å². The van der Waals surface area contributed by atoms with E-state index in [-0.39, 0.29) is 11.9 Å². The summed E-state index contributed by atoms with van der Waals surface area (Å²) in [5, 5.41) is 2.73. The van der Waals surface area contributed by atoms with Gasteiger partial charge in [-0.15, -0.1) is 0 Å². The van der Waals surface area contributed by atoms with Gasteiger partial charge in [0.1, 0.15) is 5.82 Å². The van der Waals surface area contributed by atoms with Gasteiger partial charge < -0.3 is 10.2 Å². The molecule has 8 heteroatoms. The number of hydrogen-bond acceptors (Lipinski definition) is 3. The van der Waals surface area contributed by atoms with Gasteiger partial charge in [-0.25, -0.2) is 12.8 Å². The van der Waals surface area contributed by atoms with Crippen LogP contribution in [0.15, 0.2) is 47.4 Å². The van der Waals surface area contributed by atoms with E-state index in [1.807, 2.05) is 19.9 Å². The highest BCUT2D eigenvalue weighted by Gasteiger charge is 2.34. The molecule has 0 aliphatic carbocycles. The van der Waals surface area contributed by atoms with Crippen molar-refractivity contribution in [2.24, 2.45) is 0 Å². The Kier molecular flexibility index (Phi) is 6.36. The molecule has 2 N–H and O–H groups in total. The predicted octanol–water partition coefficient (Wildman–Crippen LogP) is 1.36. The number of piperazine rings is 1. The Morgan fingerprint density at radius 1 is 1.10 bits per heavy atom. The molecule has 1 heterocycles. The van der Waals surface area contributed by atoms with Gasteiger partial charge in [0.15, 0.2) is 6.04 Å². The summed E-state index contributed by atoms with van der Waals surface area (Å²) in [4.78, 5) is 13.8. The molecule has 2 aromatic carbocycles. The lowest BCUT2D eigenvalue weighted by Gasteiger charge is -2.34. The van der Waals surface area contributed by atoms with E-state index in [0.717, 1.165) is 16.0 Å². The minimum Gasteiger partial charge on any atom is -0.323 e. The van der Waals surface area contributed by atoms with Crippen molar-refractivity contribution >= 4 is 21.6 Å². The second-order valence-corrected chi connectivity index (χ2v) is 9.47. The molecule has 0 aromatic heterocycles. The third-order valence-corrected chi connectivity index (χ3v) is 7.47. The van der Waals surface area contributed by atoms with Crippen molar-refractivity contribution in [3.8, 4) is 0 Å². The van der Waals surface area contributed by atoms with Crippen molar-refractivity contribution in [2.45, 2.75) is 31.7 Å². The first kappa shape index (κ1) is 21.4. The van der Waals surface area contributed by atoms with Gasteiger partial charge in [0.05, 0.1) is 31.1 Å². The van der Waals surface area contributed by atoms with E-state index in [0.29, 0.717) is 36.8 Å². The van der Waals surface area contributed by atoms with Crippen LogP contribution >= 0.6 is 0 Å². The first-order chi connectivity index (χ1) is 13.7. The smallest absolute Gasteiger partial charge is 0.282 e. The van der Waals surface area contributed by atoms with Gasteiger partial charge in [0, 0.05) is 5.69 Å². The molecular formula is C21H27FN3O3S+. The lowest BCUT2D eigenvalue weighted by Crippen LogP contribution is -3.19. The number of carbonyl (C=O) groups excluding carboxylic acids is 1. The first-order valence-corrected chi connectivity index (χ1v) is 11.1. The van der Waals surface area contributed by atoms with E-state index in [9.17, 15) is 17.6 Å². The average Bonchev–Trinajstić information content (AvgIpc) is 2.69. The van der Waals surface area contributed by atoms with E-state index in [1.165, 1.54) is 16.4 Å². The molecule has 0 spiro atoms. The summed E-state index contributed by atoms with van der Waals surface area (Å²) in [6, 6.07) is 10.6. The van der Waals surface area contributed by atoms with Gasteiger partial charge in [-0.05, 0) is 62.2 Å². The summed E-state index contributed by atoms with van der Waals surface area (Å²) in [5.41, 5.74) is 2.41. The van der Waals surface area contributed by atoms with E-state index in [2.05, 4.69) is 5.32 Å². The molecule has 156 valence electrons. The van der Waals surface area contributed by atoms with Crippen LogP contribution < -0.4 is 10.2 Å². The summed E-state index contributed by atoms with van der Waals surface area (Å²) < 4.78 is 40.7. The Morgan fingerprint density at radius 2 is 1.79 bits per heavy atom. The highest BCUT2D eigenvalue weighted by atomic mass is 32.2. The first-order valence-electron chi connectivity index (χ1n) is 9.67. The minimum atomic E-state index is -3.55. The number of rotatable bonds is 5. The Hall–Kier alpha value is -2.29. The molecule has 29 heavy (non-hydrogen) atoms. The van der Waals surface area contributed by atoms with E-state index in [4.69, 9.17) is 0 Å². The van der Waals surface area contributed by atoms with Crippen LogP contribution in [0.5, 0.6) is 0 Å². The summed E-state index contributed by atoms with van der Waals surface area (Å²) in [5.74, 6) is -0.621. The van der Waals surface area contributed by atoms with Gasteiger partial charge in [-0.2, -0.15) is 4.31 Å². The topological polar surface area (TPSA) is 70.9 Å². The molecule has 0 unspecified atom stereocenters. The summed E-state index contributed by atoms with van der Waals surface area (Å²) in [6.07, 6.45) is 0. The largest absolute Gasteiger partial charge is 0.323 e. The molecule has 1 atom stereocenters. The number of anilines is 1. The summed E-state index contributed by atoms with van der Waals surface area (Å²) in [6.45, 7) is 7.41. The van der Waals surface area contributed by atoms with E-state index < -0.39 is 15.8 Å². The van der Waals surface area contributed by atoms with Gasteiger partial charge in [-0.3, -0.25) is 4.79 Å². The normalized spacial score (nSPS) is 17.1. The minimum absolute atomic E-state index is 0.212. The van der Waals surface area contributed by atoms with Gasteiger partial charge >= 0.3 is 0 Å². The number of halogens is 1. The number of carbonyl (C=O) groups is 1. The van der Waals surface area contributed by atoms with Crippen LogP contribution in [0.3, 0.4) is 0 Å². The maximum atomic E-state index is 13.3. The second-order valence-electron chi connectivity index (χ2n) is 7.53. The van der Waals surface area contributed by atoms with E-state index in [1.54, 1.807) is 31.2 Å². The molecule has 0 radical (unpaired) electrons. The van der Waals surface area contributed by atoms with Crippen molar-refractivity contribution in [3.63, 3.8) is 0 Å². The Balaban J connectivity index is 1.61.